The number of aromatic amines is 1. The van der Waals surface area contributed by atoms with Crippen LogP contribution < -0.4 is 4.90 Å². The normalized spacial score (nSPS) is 12.1. The summed E-state index contributed by atoms with van der Waals surface area (Å²) < 4.78 is 36.6. The van der Waals surface area contributed by atoms with Gasteiger partial charge in [0, 0.05) is 14.1 Å². The van der Waals surface area contributed by atoms with Crippen LogP contribution in [-0.4, -0.2) is 35.2 Å². The molecule has 2 rings (SSSR count). The smallest absolute Gasteiger partial charge is 0.363 e. The van der Waals surface area contributed by atoms with Crippen LogP contribution in [0.3, 0.4) is 0 Å². The second-order valence-corrected chi connectivity index (χ2v) is 3.91. The molecule has 1 N–H and O–H groups in total. The van der Waals surface area contributed by atoms with E-state index in [-0.39, 0.29) is 5.82 Å². The molecule has 0 amide bonds. The van der Waals surface area contributed by atoms with Gasteiger partial charge in [-0.25, -0.2) is 9.97 Å². The van der Waals surface area contributed by atoms with Crippen molar-refractivity contribution in [1.82, 2.24) is 15.0 Å². The number of pyridine rings is 1. The lowest BCUT2D eigenvalue weighted by molar-refractivity contribution is -0.128. The van der Waals surface area contributed by atoms with Crippen LogP contribution in [0.25, 0.3) is 11.2 Å². The maximum absolute atomic E-state index is 12.2. The summed E-state index contributed by atoms with van der Waals surface area (Å²) in [5, 5.41) is 0. The first kappa shape index (κ1) is 11.7. The molecule has 7 heteroatoms. The molecule has 0 saturated heterocycles. The van der Waals surface area contributed by atoms with Gasteiger partial charge in [-0.3, -0.25) is 0 Å². The zero-order valence-corrected chi connectivity index (χ0v) is 9.34. The molecule has 92 valence electrons. The van der Waals surface area contributed by atoms with E-state index in [4.69, 9.17) is 0 Å². The van der Waals surface area contributed by atoms with E-state index in [1.807, 2.05) is 0 Å². The Balaban J connectivity index is 2.37. The number of fused-ring (bicyclic) bond motifs is 1. The number of hydrogen-bond donors (Lipinski definition) is 1. The fraction of sp³-hybridized carbons (Fsp3) is 0.400. The molecule has 4 nitrogen and oxygen atoms in total. The molecule has 0 bridgehead atoms. The molecule has 2 aromatic rings. The van der Waals surface area contributed by atoms with E-state index < -0.39 is 12.6 Å². The summed E-state index contributed by atoms with van der Waals surface area (Å²) in [5.41, 5.74) is 0.810. The number of H-pyrrole nitrogens is 1. The van der Waals surface area contributed by atoms with Gasteiger partial charge in [-0.15, -0.1) is 0 Å². The minimum Gasteiger partial charge on any atom is -0.363 e. The Hall–Kier alpha value is -1.79. The minimum atomic E-state index is -4.27. The predicted molar refractivity (Wildman–Crippen MR) is 58.0 cm³/mol. The van der Waals surface area contributed by atoms with Crippen molar-refractivity contribution < 1.29 is 13.2 Å². The number of rotatable bonds is 2. The van der Waals surface area contributed by atoms with E-state index in [0.717, 1.165) is 0 Å². The van der Waals surface area contributed by atoms with E-state index in [9.17, 15) is 13.2 Å². The summed E-state index contributed by atoms with van der Waals surface area (Å²) in [4.78, 5) is 12.3. The van der Waals surface area contributed by atoms with Crippen molar-refractivity contribution in [3.63, 3.8) is 0 Å². The first-order valence-corrected chi connectivity index (χ1v) is 4.95. The summed E-state index contributed by atoms with van der Waals surface area (Å²) in [6.07, 6.45) is -5.33. The predicted octanol–water partition coefficient (Wildman–Crippen LogP) is 2.13. The first-order chi connectivity index (χ1) is 7.85. The van der Waals surface area contributed by atoms with Gasteiger partial charge in [-0.2, -0.15) is 13.2 Å². The van der Waals surface area contributed by atoms with Crippen LogP contribution in [0.1, 0.15) is 5.82 Å². The summed E-state index contributed by atoms with van der Waals surface area (Å²) in [7, 11) is 3.61. The molecule has 2 aromatic heterocycles. The SMILES string of the molecule is CN(C)c1ccc2[nH]c(CC(F)(F)F)nc2n1. The fourth-order valence-corrected chi connectivity index (χ4v) is 1.46. The van der Waals surface area contributed by atoms with Gasteiger partial charge in [0.25, 0.3) is 0 Å². The van der Waals surface area contributed by atoms with Crippen LogP contribution >= 0.6 is 0 Å². The van der Waals surface area contributed by atoms with Crippen LogP contribution in [0.15, 0.2) is 12.1 Å². The van der Waals surface area contributed by atoms with E-state index in [1.165, 1.54) is 0 Å². The first-order valence-electron chi connectivity index (χ1n) is 4.95. The van der Waals surface area contributed by atoms with Crippen molar-refractivity contribution in [1.29, 1.82) is 0 Å². The number of anilines is 1. The average molecular weight is 244 g/mol. The lowest BCUT2D eigenvalue weighted by Crippen LogP contribution is -2.12. The maximum Gasteiger partial charge on any atom is 0.396 e. The van der Waals surface area contributed by atoms with Crippen molar-refractivity contribution in [2.24, 2.45) is 0 Å². The quantitative estimate of drug-likeness (QED) is 0.880. The zero-order chi connectivity index (χ0) is 12.6. The van der Waals surface area contributed by atoms with E-state index in [1.54, 1.807) is 31.1 Å². The topological polar surface area (TPSA) is 44.8 Å². The van der Waals surface area contributed by atoms with E-state index in [2.05, 4.69) is 15.0 Å². The molecule has 0 fully saturated rings. The summed E-state index contributed by atoms with van der Waals surface area (Å²) >= 11 is 0. The Morgan fingerprint density at radius 2 is 1.94 bits per heavy atom. The van der Waals surface area contributed by atoms with Crippen LogP contribution in [0.4, 0.5) is 19.0 Å². The Kier molecular flexibility index (Phi) is 2.68. The molecule has 0 aliphatic rings. The third-order valence-electron chi connectivity index (χ3n) is 2.21. The Bertz CT molecular complexity index is 530. The Labute approximate surface area is 95.5 Å². The van der Waals surface area contributed by atoms with Crippen LogP contribution in [0.5, 0.6) is 0 Å². The van der Waals surface area contributed by atoms with Gasteiger partial charge < -0.3 is 9.88 Å². The Morgan fingerprint density at radius 1 is 1.24 bits per heavy atom. The Morgan fingerprint density at radius 3 is 2.53 bits per heavy atom. The average Bonchev–Trinajstić information content (AvgIpc) is 2.54. The molecule has 0 radical (unpaired) electrons. The van der Waals surface area contributed by atoms with Gasteiger partial charge in [0.1, 0.15) is 18.1 Å². The lowest BCUT2D eigenvalue weighted by Gasteiger charge is -2.09. The molecule has 0 unspecified atom stereocenters. The van der Waals surface area contributed by atoms with E-state index in [0.29, 0.717) is 17.0 Å². The largest absolute Gasteiger partial charge is 0.396 e. The second-order valence-electron chi connectivity index (χ2n) is 3.91. The number of nitrogens with zero attached hydrogens (tertiary/aromatic N) is 3. The van der Waals surface area contributed by atoms with Crippen LogP contribution in [0.2, 0.25) is 0 Å². The van der Waals surface area contributed by atoms with Crippen molar-refractivity contribution >= 4 is 17.0 Å². The highest BCUT2D eigenvalue weighted by Gasteiger charge is 2.29. The van der Waals surface area contributed by atoms with E-state index >= 15 is 0 Å². The van der Waals surface area contributed by atoms with Crippen molar-refractivity contribution in [2.45, 2.75) is 12.6 Å². The number of alkyl halides is 3. The standard InChI is InChI=1S/C10H11F3N4/c1-17(2)8-4-3-6-9(16-8)15-7(14-6)5-10(11,12)13/h3-4H,5H2,1-2H3,(H,14,15,16). The van der Waals surface area contributed by atoms with Crippen molar-refractivity contribution in [2.75, 3.05) is 19.0 Å². The molecule has 0 spiro atoms. The van der Waals surface area contributed by atoms with Crippen LogP contribution in [0, 0.1) is 0 Å². The number of nitrogens with one attached hydrogen (secondary N) is 1. The molecular weight excluding hydrogens is 233 g/mol. The van der Waals surface area contributed by atoms with Gasteiger partial charge >= 0.3 is 6.18 Å². The van der Waals surface area contributed by atoms with Gasteiger partial charge in [0.05, 0.1) is 5.52 Å². The molecule has 0 atom stereocenters. The second kappa shape index (κ2) is 3.90. The number of aromatic nitrogens is 3. The van der Waals surface area contributed by atoms with Crippen molar-refractivity contribution in [3.8, 4) is 0 Å². The van der Waals surface area contributed by atoms with Gasteiger partial charge in [-0.1, -0.05) is 0 Å². The molecule has 17 heavy (non-hydrogen) atoms. The molecule has 0 saturated carbocycles. The van der Waals surface area contributed by atoms with Gasteiger partial charge in [0.2, 0.25) is 0 Å². The molecule has 2 heterocycles. The highest BCUT2D eigenvalue weighted by Crippen LogP contribution is 2.21. The molecule has 0 aliphatic heterocycles. The van der Waals surface area contributed by atoms with Crippen LogP contribution in [-0.2, 0) is 6.42 Å². The highest BCUT2D eigenvalue weighted by atomic mass is 19.4. The minimum absolute atomic E-state index is 0.115. The highest BCUT2D eigenvalue weighted by molar-refractivity contribution is 5.73. The summed E-state index contributed by atoms with van der Waals surface area (Å²) in [6, 6.07) is 3.39. The summed E-state index contributed by atoms with van der Waals surface area (Å²) in [5.74, 6) is 0.540. The maximum atomic E-state index is 12.2. The molecule has 0 aromatic carbocycles. The summed E-state index contributed by atoms with van der Waals surface area (Å²) in [6.45, 7) is 0. The third kappa shape index (κ3) is 2.66. The monoisotopic (exact) mass is 244 g/mol. The zero-order valence-electron chi connectivity index (χ0n) is 9.34. The molecular formula is C10H11F3N4. The number of halogens is 3. The number of hydrogen-bond acceptors (Lipinski definition) is 3. The van der Waals surface area contributed by atoms with Crippen molar-refractivity contribution in [3.05, 3.63) is 18.0 Å². The number of imidazole rings is 1. The fourth-order valence-electron chi connectivity index (χ4n) is 1.46. The van der Waals surface area contributed by atoms with Gasteiger partial charge in [0.15, 0.2) is 5.65 Å². The third-order valence-corrected chi connectivity index (χ3v) is 2.21. The lowest BCUT2D eigenvalue weighted by atomic mass is 10.4. The molecule has 0 aliphatic carbocycles. The van der Waals surface area contributed by atoms with Gasteiger partial charge in [-0.05, 0) is 12.1 Å².